The van der Waals surface area contributed by atoms with Gasteiger partial charge in [-0.05, 0) is 25.3 Å². The largest absolute Gasteiger partial charge is 0.497 e. The third-order valence-electron chi connectivity index (χ3n) is 3.32. The van der Waals surface area contributed by atoms with Crippen LogP contribution in [0.5, 0.6) is 5.75 Å². The zero-order valence-electron chi connectivity index (χ0n) is 10.0. The molecule has 0 spiro atoms. The van der Waals surface area contributed by atoms with E-state index in [9.17, 15) is 4.39 Å². The molecule has 2 N–H and O–H groups in total. The maximum absolute atomic E-state index is 14.0. The highest BCUT2D eigenvalue weighted by Crippen LogP contribution is 2.32. The number of hydrogen-bond donors (Lipinski definition) is 1. The summed E-state index contributed by atoms with van der Waals surface area (Å²) in [5.74, 6) is 0.216. The van der Waals surface area contributed by atoms with Crippen molar-refractivity contribution in [3.63, 3.8) is 0 Å². The molecule has 0 aromatic heterocycles. The highest BCUT2D eigenvalue weighted by Gasteiger charge is 2.31. The molecule has 1 heterocycles. The fraction of sp³-hybridized carbons (Fsp3) is 0.538. The molecule has 0 bridgehead atoms. The number of ether oxygens (including phenoxy) is 2. The Morgan fingerprint density at radius 2 is 2.18 bits per heavy atom. The van der Waals surface area contributed by atoms with E-state index in [4.69, 9.17) is 15.2 Å². The van der Waals surface area contributed by atoms with E-state index in [1.807, 2.05) is 0 Å². The second-order valence-electron chi connectivity index (χ2n) is 4.47. The molecule has 2 rings (SSSR count). The lowest BCUT2D eigenvalue weighted by atomic mass is 9.84. The molecule has 1 aromatic carbocycles. The summed E-state index contributed by atoms with van der Waals surface area (Å²) in [4.78, 5) is 0. The third kappa shape index (κ3) is 2.58. The molecule has 1 saturated heterocycles. The molecule has 17 heavy (non-hydrogen) atoms. The molecule has 1 unspecified atom stereocenters. The number of rotatable bonds is 2. The summed E-state index contributed by atoms with van der Waals surface area (Å²) >= 11 is 0. The van der Waals surface area contributed by atoms with E-state index < -0.39 is 5.54 Å². The van der Waals surface area contributed by atoms with Crippen molar-refractivity contribution in [1.29, 1.82) is 0 Å². The van der Waals surface area contributed by atoms with Gasteiger partial charge in [0, 0.05) is 30.4 Å². The van der Waals surface area contributed by atoms with Crippen LogP contribution in [0.3, 0.4) is 0 Å². The molecule has 1 aromatic rings. The van der Waals surface area contributed by atoms with Gasteiger partial charge in [-0.15, -0.1) is 0 Å². The van der Waals surface area contributed by atoms with Crippen molar-refractivity contribution in [2.24, 2.45) is 5.73 Å². The van der Waals surface area contributed by atoms with Crippen LogP contribution in [0.4, 0.5) is 4.39 Å². The van der Waals surface area contributed by atoms with Gasteiger partial charge in [0.05, 0.1) is 7.11 Å². The maximum Gasteiger partial charge on any atom is 0.131 e. The zero-order valence-corrected chi connectivity index (χ0v) is 10.0. The third-order valence-corrected chi connectivity index (χ3v) is 3.32. The van der Waals surface area contributed by atoms with Gasteiger partial charge in [-0.1, -0.05) is 6.07 Å². The predicted octanol–water partition coefficient (Wildman–Crippen LogP) is 2.19. The molecule has 1 atom stereocenters. The topological polar surface area (TPSA) is 44.5 Å². The number of benzene rings is 1. The second-order valence-corrected chi connectivity index (χ2v) is 4.47. The van der Waals surface area contributed by atoms with Gasteiger partial charge in [0.15, 0.2) is 0 Å². The van der Waals surface area contributed by atoms with Gasteiger partial charge >= 0.3 is 0 Å². The number of halogens is 1. The van der Waals surface area contributed by atoms with Crippen LogP contribution in [-0.2, 0) is 10.3 Å². The molecule has 3 nitrogen and oxygen atoms in total. The fourth-order valence-electron chi connectivity index (χ4n) is 2.27. The lowest BCUT2D eigenvalue weighted by Crippen LogP contribution is -2.37. The van der Waals surface area contributed by atoms with Crippen molar-refractivity contribution in [2.45, 2.75) is 24.8 Å². The van der Waals surface area contributed by atoms with E-state index in [2.05, 4.69) is 0 Å². The highest BCUT2D eigenvalue weighted by atomic mass is 19.1. The second kappa shape index (κ2) is 5.02. The van der Waals surface area contributed by atoms with E-state index in [-0.39, 0.29) is 5.82 Å². The van der Waals surface area contributed by atoms with Gasteiger partial charge < -0.3 is 15.2 Å². The molecule has 1 fully saturated rings. The molecule has 1 aliphatic rings. The average molecular weight is 239 g/mol. The lowest BCUT2D eigenvalue weighted by Gasteiger charge is -2.28. The number of methoxy groups -OCH3 is 1. The average Bonchev–Trinajstić information content (AvgIpc) is 2.54. The first kappa shape index (κ1) is 12.3. The smallest absolute Gasteiger partial charge is 0.131 e. The Bertz CT molecular complexity index is 387. The Labute approximate surface area is 101 Å². The van der Waals surface area contributed by atoms with E-state index in [1.54, 1.807) is 12.1 Å². The lowest BCUT2D eigenvalue weighted by molar-refractivity contribution is 0.139. The highest BCUT2D eigenvalue weighted by molar-refractivity contribution is 5.33. The van der Waals surface area contributed by atoms with Crippen molar-refractivity contribution in [2.75, 3.05) is 20.3 Å². The summed E-state index contributed by atoms with van der Waals surface area (Å²) < 4.78 is 24.4. The molecule has 4 heteroatoms. The summed E-state index contributed by atoms with van der Waals surface area (Å²) in [5, 5.41) is 0. The Kier molecular flexibility index (Phi) is 3.64. The van der Waals surface area contributed by atoms with Crippen LogP contribution in [0.15, 0.2) is 18.2 Å². The Hall–Kier alpha value is -1.13. The minimum Gasteiger partial charge on any atom is -0.497 e. The van der Waals surface area contributed by atoms with Gasteiger partial charge in [0.1, 0.15) is 11.6 Å². The predicted molar refractivity (Wildman–Crippen MR) is 63.5 cm³/mol. The number of hydrogen-bond acceptors (Lipinski definition) is 3. The quantitative estimate of drug-likeness (QED) is 0.860. The van der Waals surface area contributed by atoms with Crippen molar-refractivity contribution < 1.29 is 13.9 Å². The SMILES string of the molecule is COc1ccc(C2(N)CCCOCC2)c(F)c1. The van der Waals surface area contributed by atoms with Crippen molar-refractivity contribution in [3.8, 4) is 5.75 Å². The molecule has 0 saturated carbocycles. The van der Waals surface area contributed by atoms with Crippen LogP contribution in [0.25, 0.3) is 0 Å². The first-order valence-corrected chi connectivity index (χ1v) is 5.86. The standard InChI is InChI=1S/C13H18FNO2/c1-16-10-3-4-11(12(14)9-10)13(15)5-2-7-17-8-6-13/h3-4,9H,2,5-8,15H2,1H3. The Morgan fingerprint density at radius 3 is 2.88 bits per heavy atom. The van der Waals surface area contributed by atoms with Crippen molar-refractivity contribution >= 4 is 0 Å². The first-order chi connectivity index (χ1) is 8.15. The van der Waals surface area contributed by atoms with Gasteiger partial charge in [-0.25, -0.2) is 4.39 Å². The van der Waals surface area contributed by atoms with Crippen LogP contribution in [0, 0.1) is 5.82 Å². The van der Waals surface area contributed by atoms with Crippen molar-refractivity contribution in [3.05, 3.63) is 29.6 Å². The zero-order chi connectivity index (χ0) is 12.3. The van der Waals surface area contributed by atoms with Gasteiger partial charge in [0.2, 0.25) is 0 Å². The molecule has 0 radical (unpaired) electrons. The van der Waals surface area contributed by atoms with Crippen LogP contribution >= 0.6 is 0 Å². The number of nitrogens with two attached hydrogens (primary N) is 1. The Morgan fingerprint density at radius 1 is 1.35 bits per heavy atom. The molecule has 94 valence electrons. The van der Waals surface area contributed by atoms with Crippen molar-refractivity contribution in [1.82, 2.24) is 0 Å². The molecular weight excluding hydrogens is 221 g/mol. The summed E-state index contributed by atoms with van der Waals surface area (Å²) in [7, 11) is 1.52. The summed E-state index contributed by atoms with van der Waals surface area (Å²) in [5.41, 5.74) is 6.25. The van der Waals surface area contributed by atoms with Crippen LogP contribution in [-0.4, -0.2) is 20.3 Å². The van der Waals surface area contributed by atoms with Crippen LogP contribution < -0.4 is 10.5 Å². The summed E-state index contributed by atoms with van der Waals surface area (Å²) in [6, 6.07) is 4.86. The van der Waals surface area contributed by atoms with Gasteiger partial charge in [0.25, 0.3) is 0 Å². The van der Waals surface area contributed by atoms with Gasteiger partial charge in [-0.3, -0.25) is 0 Å². The van der Waals surface area contributed by atoms with Crippen LogP contribution in [0.1, 0.15) is 24.8 Å². The molecular formula is C13H18FNO2. The molecule has 0 aliphatic carbocycles. The van der Waals surface area contributed by atoms with E-state index in [0.717, 1.165) is 12.8 Å². The van der Waals surface area contributed by atoms with E-state index in [1.165, 1.54) is 13.2 Å². The van der Waals surface area contributed by atoms with Crippen LogP contribution in [0.2, 0.25) is 0 Å². The first-order valence-electron chi connectivity index (χ1n) is 5.86. The minimum atomic E-state index is -0.618. The maximum atomic E-state index is 14.0. The van der Waals surface area contributed by atoms with E-state index in [0.29, 0.717) is 30.9 Å². The molecule has 0 amide bonds. The summed E-state index contributed by atoms with van der Waals surface area (Å²) in [6.07, 6.45) is 2.26. The Balaban J connectivity index is 2.31. The summed E-state index contributed by atoms with van der Waals surface area (Å²) in [6.45, 7) is 1.29. The fourth-order valence-corrected chi connectivity index (χ4v) is 2.27. The van der Waals surface area contributed by atoms with E-state index >= 15 is 0 Å². The van der Waals surface area contributed by atoms with Gasteiger partial charge in [-0.2, -0.15) is 0 Å². The minimum absolute atomic E-state index is 0.297. The molecule has 1 aliphatic heterocycles. The normalized spacial score (nSPS) is 25.4. The monoisotopic (exact) mass is 239 g/mol.